The van der Waals surface area contributed by atoms with Crippen molar-refractivity contribution in [2.45, 2.75) is 37.5 Å². The molecule has 2 N–H and O–H groups in total. The molecule has 0 spiro atoms. The fourth-order valence-electron chi connectivity index (χ4n) is 4.17. The molecule has 1 saturated carbocycles. The Morgan fingerprint density at radius 1 is 1.29 bits per heavy atom. The Hall–Kier alpha value is -1.62. The minimum atomic E-state index is -3.47. The molecule has 164 valence electrons. The van der Waals surface area contributed by atoms with Crippen molar-refractivity contribution in [3.63, 3.8) is 0 Å². The van der Waals surface area contributed by atoms with Crippen molar-refractivity contribution >= 4 is 43.0 Å². The third-order valence-corrected chi connectivity index (χ3v) is 10.1. The highest BCUT2D eigenvalue weighted by Crippen LogP contribution is 2.46. The first-order chi connectivity index (χ1) is 14.7. The summed E-state index contributed by atoms with van der Waals surface area (Å²) in [5.74, 6) is 0.514. The average Bonchev–Trinajstić information content (AvgIpc) is 3.54. The normalized spacial score (nSPS) is 26.4. The fourth-order valence-corrected chi connectivity index (χ4v) is 7.74. The lowest BCUT2D eigenvalue weighted by atomic mass is 10.0. The number of nitrogens with one attached hydrogen (secondary N) is 2. The third kappa shape index (κ3) is 3.57. The van der Waals surface area contributed by atoms with Crippen LogP contribution in [-0.4, -0.2) is 48.8 Å². The lowest BCUT2D eigenvalue weighted by molar-refractivity contribution is 0.189. The van der Waals surface area contributed by atoms with Crippen molar-refractivity contribution in [1.82, 2.24) is 24.9 Å². The molecule has 2 aliphatic rings. The van der Waals surface area contributed by atoms with Gasteiger partial charge in [-0.25, -0.2) is 8.42 Å². The first kappa shape index (κ1) is 21.2. The molecule has 2 atom stereocenters. The van der Waals surface area contributed by atoms with Gasteiger partial charge in [-0.1, -0.05) is 11.6 Å². The monoisotopic (exact) mass is 477 g/mol. The SMILES string of the molecule is CNC1N[C@](C)(c2sc3c(-c4ccc(C5CC5)nc4)nccc3c2Cl)CS(=O)(=O)N1C. The molecule has 7 nitrogen and oxygen atoms in total. The van der Waals surface area contributed by atoms with Crippen LogP contribution in [-0.2, 0) is 15.6 Å². The van der Waals surface area contributed by atoms with Crippen molar-refractivity contribution in [1.29, 1.82) is 0 Å². The molecular formula is C21H24ClN5O2S2. The molecule has 0 amide bonds. The number of thiophene rings is 1. The molecule has 0 radical (unpaired) electrons. The minimum Gasteiger partial charge on any atom is -0.292 e. The fraction of sp³-hybridized carbons (Fsp3) is 0.429. The minimum absolute atomic E-state index is 0.0817. The van der Waals surface area contributed by atoms with Crippen LogP contribution in [0.4, 0.5) is 0 Å². The summed E-state index contributed by atoms with van der Waals surface area (Å²) in [4.78, 5) is 10.0. The van der Waals surface area contributed by atoms with Crippen LogP contribution in [0.2, 0.25) is 5.02 Å². The van der Waals surface area contributed by atoms with E-state index < -0.39 is 21.9 Å². The zero-order chi connectivity index (χ0) is 22.0. The number of nitrogens with zero attached hydrogens (tertiary/aromatic N) is 3. The Bertz CT molecular complexity index is 1260. The molecule has 0 aromatic carbocycles. The van der Waals surface area contributed by atoms with E-state index in [-0.39, 0.29) is 5.75 Å². The zero-order valence-corrected chi connectivity index (χ0v) is 19.9. The number of sulfonamides is 1. The summed E-state index contributed by atoms with van der Waals surface area (Å²) in [6.07, 6.45) is 5.51. The van der Waals surface area contributed by atoms with Crippen molar-refractivity contribution in [2.24, 2.45) is 0 Å². The Balaban J connectivity index is 1.61. The summed E-state index contributed by atoms with van der Waals surface area (Å²) in [7, 11) is -0.181. The first-order valence-electron chi connectivity index (χ1n) is 10.2. The molecular weight excluding hydrogens is 454 g/mol. The maximum atomic E-state index is 12.8. The third-order valence-electron chi connectivity index (χ3n) is 6.10. The van der Waals surface area contributed by atoms with E-state index >= 15 is 0 Å². The molecule has 3 aromatic heterocycles. The Morgan fingerprint density at radius 2 is 2.06 bits per heavy atom. The van der Waals surface area contributed by atoms with Gasteiger partial charge in [0.1, 0.15) is 6.29 Å². The topological polar surface area (TPSA) is 87.2 Å². The molecule has 2 fully saturated rings. The van der Waals surface area contributed by atoms with Crippen LogP contribution >= 0.6 is 22.9 Å². The van der Waals surface area contributed by atoms with Gasteiger partial charge in [-0.2, -0.15) is 4.31 Å². The van der Waals surface area contributed by atoms with E-state index in [9.17, 15) is 8.42 Å². The number of fused-ring (bicyclic) bond motifs is 1. The van der Waals surface area contributed by atoms with Crippen molar-refractivity contribution in [3.05, 3.63) is 46.2 Å². The lowest BCUT2D eigenvalue weighted by Gasteiger charge is -2.43. The quantitative estimate of drug-likeness (QED) is 0.598. The number of hydrogen-bond acceptors (Lipinski definition) is 7. The van der Waals surface area contributed by atoms with E-state index in [2.05, 4.69) is 32.7 Å². The second-order valence-electron chi connectivity index (χ2n) is 8.47. The van der Waals surface area contributed by atoms with Crippen LogP contribution in [0.5, 0.6) is 0 Å². The van der Waals surface area contributed by atoms with E-state index in [1.54, 1.807) is 20.3 Å². The molecule has 1 saturated heterocycles. The van der Waals surface area contributed by atoms with Crippen LogP contribution < -0.4 is 10.6 Å². The van der Waals surface area contributed by atoms with Crippen LogP contribution in [0.3, 0.4) is 0 Å². The second-order valence-corrected chi connectivity index (χ2v) is 11.9. The molecule has 4 heterocycles. The Morgan fingerprint density at radius 3 is 2.71 bits per heavy atom. The van der Waals surface area contributed by atoms with Gasteiger partial charge in [0.25, 0.3) is 0 Å². The van der Waals surface area contributed by atoms with Gasteiger partial charge >= 0.3 is 0 Å². The number of aromatic nitrogens is 2. The maximum Gasteiger partial charge on any atom is 0.218 e. The smallest absolute Gasteiger partial charge is 0.218 e. The van der Waals surface area contributed by atoms with Crippen LogP contribution in [0.15, 0.2) is 30.6 Å². The van der Waals surface area contributed by atoms with Gasteiger partial charge in [0, 0.05) is 46.9 Å². The highest BCUT2D eigenvalue weighted by atomic mass is 35.5. The highest BCUT2D eigenvalue weighted by Gasteiger charge is 2.46. The molecule has 1 unspecified atom stereocenters. The maximum absolute atomic E-state index is 12.8. The van der Waals surface area contributed by atoms with Crippen molar-refractivity contribution in [2.75, 3.05) is 19.8 Å². The average molecular weight is 478 g/mol. The summed E-state index contributed by atoms with van der Waals surface area (Å²) in [6.45, 7) is 1.89. The van der Waals surface area contributed by atoms with Gasteiger partial charge in [-0.3, -0.25) is 20.6 Å². The van der Waals surface area contributed by atoms with Crippen LogP contribution in [0.25, 0.3) is 21.3 Å². The van der Waals surface area contributed by atoms with Gasteiger partial charge in [0.05, 0.1) is 26.7 Å². The van der Waals surface area contributed by atoms with Gasteiger partial charge in [-0.15, -0.1) is 11.3 Å². The van der Waals surface area contributed by atoms with Crippen molar-refractivity contribution in [3.8, 4) is 11.3 Å². The predicted octanol–water partition coefficient (Wildman–Crippen LogP) is 3.47. The largest absolute Gasteiger partial charge is 0.292 e. The summed E-state index contributed by atoms with van der Waals surface area (Å²) in [5, 5.41) is 7.88. The molecule has 31 heavy (non-hydrogen) atoms. The molecule has 0 bridgehead atoms. The van der Waals surface area contributed by atoms with E-state index in [4.69, 9.17) is 11.6 Å². The number of halogens is 1. The molecule has 3 aromatic rings. The van der Waals surface area contributed by atoms with Crippen LogP contribution in [0.1, 0.15) is 36.3 Å². The van der Waals surface area contributed by atoms with Crippen LogP contribution in [0, 0.1) is 0 Å². The molecule has 1 aliphatic carbocycles. The van der Waals surface area contributed by atoms with Gasteiger partial charge in [0.2, 0.25) is 10.0 Å². The van der Waals surface area contributed by atoms with E-state index in [0.29, 0.717) is 10.9 Å². The Labute approximate surface area is 190 Å². The zero-order valence-electron chi connectivity index (χ0n) is 17.5. The lowest BCUT2D eigenvalue weighted by Crippen LogP contribution is -2.67. The van der Waals surface area contributed by atoms with E-state index in [1.165, 1.54) is 28.5 Å². The van der Waals surface area contributed by atoms with Crippen molar-refractivity contribution < 1.29 is 8.42 Å². The van der Waals surface area contributed by atoms with Gasteiger partial charge in [0.15, 0.2) is 0 Å². The first-order valence-corrected chi connectivity index (χ1v) is 13.0. The van der Waals surface area contributed by atoms with Gasteiger partial charge < -0.3 is 0 Å². The second kappa shape index (κ2) is 7.47. The van der Waals surface area contributed by atoms with E-state index in [1.807, 2.05) is 19.2 Å². The number of rotatable bonds is 4. The van der Waals surface area contributed by atoms with Gasteiger partial charge in [-0.05, 0) is 45.0 Å². The predicted molar refractivity (Wildman–Crippen MR) is 125 cm³/mol. The standard InChI is InChI=1S/C21H24ClN5O2S2/c1-21(11-31(28,29)27(3)20(23-2)26-21)19-16(22)14-8-9-24-17(18(14)30-19)13-6-7-15(25-10-13)12-4-5-12/h6-10,12,20,23,26H,4-5,11H2,1-3H3/t20?,21-/m0/s1. The Kier molecular flexibility index (Phi) is 5.12. The van der Waals surface area contributed by atoms with E-state index in [0.717, 1.165) is 31.9 Å². The molecule has 1 aliphatic heterocycles. The summed E-state index contributed by atoms with van der Waals surface area (Å²) >= 11 is 8.33. The molecule has 5 rings (SSSR count). The summed E-state index contributed by atoms with van der Waals surface area (Å²) in [5.41, 5.74) is 2.04. The summed E-state index contributed by atoms with van der Waals surface area (Å²) in [6, 6.07) is 6.02. The molecule has 10 heteroatoms. The summed E-state index contributed by atoms with van der Waals surface area (Å²) < 4.78 is 27.9. The number of pyridine rings is 2. The number of hydrogen-bond donors (Lipinski definition) is 2. The highest BCUT2D eigenvalue weighted by molar-refractivity contribution is 7.89.